The molecule has 0 radical (unpaired) electrons. The third kappa shape index (κ3) is 2.13. The van der Waals surface area contributed by atoms with Crippen LogP contribution in [0.15, 0.2) is 36.9 Å². The summed E-state index contributed by atoms with van der Waals surface area (Å²) in [6, 6.07) is 8.43. The normalized spacial score (nSPS) is 24.3. The van der Waals surface area contributed by atoms with Crippen molar-refractivity contribution in [2.45, 2.75) is 31.6 Å². The topological polar surface area (TPSA) is 9.23 Å². The van der Waals surface area contributed by atoms with Crippen LogP contribution in [0.5, 0.6) is 5.75 Å². The molecule has 1 aliphatic rings. The fourth-order valence-corrected chi connectivity index (χ4v) is 2.92. The van der Waals surface area contributed by atoms with E-state index >= 15 is 0 Å². The molecule has 2 atom stereocenters. The van der Waals surface area contributed by atoms with E-state index in [1.54, 1.807) is 7.11 Å². The molecule has 1 fully saturated rings. The van der Waals surface area contributed by atoms with E-state index in [2.05, 4.69) is 30.9 Å². The minimum absolute atomic E-state index is 0.661. The molecule has 1 aromatic carbocycles. The van der Waals surface area contributed by atoms with Crippen molar-refractivity contribution in [3.63, 3.8) is 0 Å². The molecule has 1 heteroatoms. The van der Waals surface area contributed by atoms with Crippen LogP contribution in [0.1, 0.15) is 37.2 Å². The Kier molecular flexibility index (Phi) is 3.66. The van der Waals surface area contributed by atoms with Crippen LogP contribution >= 0.6 is 0 Å². The van der Waals surface area contributed by atoms with E-state index in [1.807, 2.05) is 6.07 Å². The predicted molar refractivity (Wildman–Crippen MR) is 67.9 cm³/mol. The molecule has 0 bridgehead atoms. The zero-order valence-corrected chi connectivity index (χ0v) is 9.99. The number of ether oxygens (including phenoxy) is 1. The highest BCUT2D eigenvalue weighted by atomic mass is 16.5. The van der Waals surface area contributed by atoms with Crippen molar-refractivity contribution in [3.05, 3.63) is 42.5 Å². The Balaban J connectivity index is 2.24. The average molecular weight is 216 g/mol. The first kappa shape index (κ1) is 11.3. The van der Waals surface area contributed by atoms with Crippen molar-refractivity contribution in [2.24, 2.45) is 5.92 Å². The zero-order chi connectivity index (χ0) is 11.4. The highest BCUT2D eigenvalue weighted by Gasteiger charge is 2.29. The van der Waals surface area contributed by atoms with Gasteiger partial charge >= 0.3 is 0 Å². The van der Waals surface area contributed by atoms with Crippen LogP contribution < -0.4 is 4.74 Å². The van der Waals surface area contributed by atoms with Gasteiger partial charge in [-0.1, -0.05) is 30.7 Å². The first-order valence-corrected chi connectivity index (χ1v) is 6.10. The summed E-state index contributed by atoms with van der Waals surface area (Å²) in [5, 5.41) is 0. The Morgan fingerprint density at radius 1 is 1.38 bits per heavy atom. The van der Waals surface area contributed by atoms with Crippen LogP contribution in [0.25, 0.3) is 0 Å². The molecule has 0 spiro atoms. The van der Waals surface area contributed by atoms with Gasteiger partial charge in [-0.25, -0.2) is 0 Å². The maximum Gasteiger partial charge on any atom is 0.122 e. The van der Waals surface area contributed by atoms with Crippen LogP contribution in [0.4, 0.5) is 0 Å². The summed E-state index contributed by atoms with van der Waals surface area (Å²) in [6.45, 7) is 3.86. The maximum absolute atomic E-state index is 5.46. The Labute approximate surface area is 98.1 Å². The smallest absolute Gasteiger partial charge is 0.122 e. The lowest BCUT2D eigenvalue weighted by Gasteiger charge is -2.20. The second kappa shape index (κ2) is 5.20. The highest BCUT2D eigenvalue weighted by molar-refractivity contribution is 5.37. The van der Waals surface area contributed by atoms with Gasteiger partial charge in [-0.15, -0.1) is 6.58 Å². The minimum Gasteiger partial charge on any atom is -0.496 e. The largest absolute Gasteiger partial charge is 0.496 e. The van der Waals surface area contributed by atoms with Gasteiger partial charge in [0.05, 0.1) is 7.11 Å². The van der Waals surface area contributed by atoms with Crippen molar-refractivity contribution in [1.29, 1.82) is 0 Å². The summed E-state index contributed by atoms with van der Waals surface area (Å²) in [6.07, 6.45) is 7.13. The fourth-order valence-electron chi connectivity index (χ4n) is 2.92. The van der Waals surface area contributed by atoms with Gasteiger partial charge < -0.3 is 4.74 Å². The first-order valence-electron chi connectivity index (χ1n) is 6.10. The van der Waals surface area contributed by atoms with Crippen molar-refractivity contribution in [2.75, 3.05) is 7.11 Å². The third-order valence-electron chi connectivity index (χ3n) is 3.67. The van der Waals surface area contributed by atoms with E-state index in [4.69, 9.17) is 4.74 Å². The Bertz CT molecular complexity index is 356. The van der Waals surface area contributed by atoms with Gasteiger partial charge in [-0.05, 0) is 42.7 Å². The van der Waals surface area contributed by atoms with Crippen molar-refractivity contribution in [3.8, 4) is 5.75 Å². The zero-order valence-electron chi connectivity index (χ0n) is 9.99. The molecule has 0 aromatic heterocycles. The molecular weight excluding hydrogens is 196 g/mol. The molecule has 0 saturated heterocycles. The molecule has 1 saturated carbocycles. The average Bonchev–Trinajstić information content (AvgIpc) is 2.77. The van der Waals surface area contributed by atoms with Crippen LogP contribution in [-0.2, 0) is 0 Å². The van der Waals surface area contributed by atoms with Crippen LogP contribution in [0.3, 0.4) is 0 Å². The number of para-hydroxylation sites is 1. The van der Waals surface area contributed by atoms with Crippen LogP contribution in [0.2, 0.25) is 0 Å². The number of hydrogen-bond donors (Lipinski definition) is 0. The molecule has 16 heavy (non-hydrogen) atoms. The first-order chi connectivity index (χ1) is 7.86. The molecule has 0 amide bonds. The lowest BCUT2D eigenvalue weighted by atomic mass is 9.86. The van der Waals surface area contributed by atoms with Gasteiger partial charge in [0.2, 0.25) is 0 Å². The van der Waals surface area contributed by atoms with Gasteiger partial charge in [-0.3, -0.25) is 0 Å². The summed E-state index contributed by atoms with van der Waals surface area (Å²) >= 11 is 0. The number of benzene rings is 1. The van der Waals surface area contributed by atoms with Crippen molar-refractivity contribution < 1.29 is 4.74 Å². The number of allylic oxidation sites excluding steroid dienone is 1. The molecule has 1 nitrogen and oxygen atoms in total. The number of methoxy groups -OCH3 is 1. The predicted octanol–water partition coefficient (Wildman–Crippen LogP) is 4.16. The third-order valence-corrected chi connectivity index (χ3v) is 3.67. The van der Waals surface area contributed by atoms with Crippen LogP contribution in [0, 0.1) is 5.92 Å². The van der Waals surface area contributed by atoms with E-state index in [9.17, 15) is 0 Å². The standard InChI is InChI=1S/C15H20O/c1-3-7-12-8-6-10-13(12)14-9-4-5-11-15(14)16-2/h3-5,9,11-13H,1,6-8,10H2,2H3/t12-,13-/m1/s1. The van der Waals surface area contributed by atoms with E-state index in [0.717, 1.165) is 18.1 Å². The van der Waals surface area contributed by atoms with Gasteiger partial charge in [0, 0.05) is 0 Å². The summed E-state index contributed by atoms with van der Waals surface area (Å²) in [7, 11) is 1.76. The Morgan fingerprint density at radius 2 is 2.19 bits per heavy atom. The van der Waals surface area contributed by atoms with E-state index in [0.29, 0.717) is 5.92 Å². The summed E-state index contributed by atoms with van der Waals surface area (Å²) in [5.74, 6) is 2.46. The van der Waals surface area contributed by atoms with Gasteiger partial charge in [0.1, 0.15) is 5.75 Å². The maximum atomic E-state index is 5.46. The van der Waals surface area contributed by atoms with Gasteiger partial charge in [0.25, 0.3) is 0 Å². The quantitative estimate of drug-likeness (QED) is 0.687. The monoisotopic (exact) mass is 216 g/mol. The lowest BCUT2D eigenvalue weighted by molar-refractivity contribution is 0.395. The van der Waals surface area contributed by atoms with Crippen molar-refractivity contribution >= 4 is 0 Å². The molecule has 0 aliphatic heterocycles. The molecular formula is C15H20O. The van der Waals surface area contributed by atoms with E-state index in [-0.39, 0.29) is 0 Å². The number of rotatable bonds is 4. The molecule has 2 rings (SSSR count). The highest BCUT2D eigenvalue weighted by Crippen LogP contribution is 2.44. The summed E-state index contributed by atoms with van der Waals surface area (Å²) in [5.41, 5.74) is 1.38. The SMILES string of the molecule is C=CC[C@@H]1CCC[C@H]1c1ccccc1OC. The second-order valence-corrected chi connectivity index (χ2v) is 4.56. The van der Waals surface area contributed by atoms with E-state index in [1.165, 1.54) is 24.8 Å². The second-order valence-electron chi connectivity index (χ2n) is 4.56. The molecule has 86 valence electrons. The van der Waals surface area contributed by atoms with E-state index < -0.39 is 0 Å². The lowest BCUT2D eigenvalue weighted by Crippen LogP contribution is -2.06. The fraction of sp³-hybridized carbons (Fsp3) is 0.467. The molecule has 1 aliphatic carbocycles. The molecule has 0 unspecified atom stereocenters. The summed E-state index contributed by atoms with van der Waals surface area (Å²) < 4.78 is 5.46. The van der Waals surface area contributed by atoms with Crippen LogP contribution in [-0.4, -0.2) is 7.11 Å². The van der Waals surface area contributed by atoms with Crippen molar-refractivity contribution in [1.82, 2.24) is 0 Å². The van der Waals surface area contributed by atoms with Gasteiger partial charge in [-0.2, -0.15) is 0 Å². The minimum atomic E-state index is 0.661. The van der Waals surface area contributed by atoms with Gasteiger partial charge in [0.15, 0.2) is 0 Å². The molecule has 0 heterocycles. The Hall–Kier alpha value is -1.24. The Morgan fingerprint density at radius 3 is 2.94 bits per heavy atom. The summed E-state index contributed by atoms with van der Waals surface area (Å²) in [4.78, 5) is 0. The molecule has 0 N–H and O–H groups in total. The number of hydrogen-bond acceptors (Lipinski definition) is 1. The molecule has 1 aromatic rings.